The molecule has 0 saturated carbocycles. The third-order valence-corrected chi connectivity index (χ3v) is 14.7. The molecule has 0 radical (unpaired) electrons. The molecular weight excluding hydrogens is 837 g/mol. The van der Waals surface area contributed by atoms with E-state index in [-0.39, 0.29) is 0 Å². The predicted octanol–water partition coefficient (Wildman–Crippen LogP) is 21.0. The first-order valence-corrected chi connectivity index (χ1v) is 30.3. The summed E-state index contributed by atoms with van der Waals surface area (Å²) in [7, 11) is 4.38. The highest BCUT2D eigenvalue weighted by molar-refractivity contribution is 6.49. The molecule has 0 aliphatic carbocycles. The maximum absolute atomic E-state index is 5.56. The molecule has 4 nitrogen and oxygen atoms in total. The van der Waals surface area contributed by atoms with Gasteiger partial charge in [0.25, 0.3) is 0 Å². The zero-order valence-corrected chi connectivity index (χ0v) is 47.2. The van der Waals surface area contributed by atoms with Crippen molar-refractivity contribution in [1.29, 1.82) is 0 Å². The first kappa shape index (κ1) is 62.1. The van der Waals surface area contributed by atoms with Gasteiger partial charge in [0.1, 0.15) is 5.71 Å². The fourth-order valence-electron chi connectivity index (χ4n) is 9.73. The van der Waals surface area contributed by atoms with Crippen LogP contribution in [0.5, 0.6) is 0 Å². The number of unbranched alkanes of at least 4 members (excludes halogenated alkanes) is 32. The van der Waals surface area contributed by atoms with E-state index in [9.17, 15) is 0 Å². The van der Waals surface area contributed by atoms with Crippen LogP contribution in [0, 0.1) is 11.8 Å². The van der Waals surface area contributed by atoms with Crippen LogP contribution in [-0.2, 0) is 12.8 Å². The fourth-order valence-corrected chi connectivity index (χ4v) is 9.73. The summed E-state index contributed by atoms with van der Waals surface area (Å²) in [5.41, 5.74) is 9.44. The van der Waals surface area contributed by atoms with Gasteiger partial charge in [0.05, 0.1) is 28.5 Å². The van der Waals surface area contributed by atoms with Crippen molar-refractivity contribution in [3.05, 3.63) is 47.5 Å². The molecule has 0 N–H and O–H groups in total. The number of aliphatic imine (C=N–C) groups is 2. The minimum absolute atomic E-state index is 0.865. The molecular formula is C65H112N4. The van der Waals surface area contributed by atoms with Crippen molar-refractivity contribution in [2.45, 2.75) is 292 Å². The molecule has 0 aliphatic rings. The molecule has 0 aromatic heterocycles. The van der Waals surface area contributed by atoms with Crippen LogP contribution >= 0.6 is 0 Å². The van der Waals surface area contributed by atoms with E-state index in [1.165, 1.54) is 241 Å². The normalized spacial score (nSPS) is 11.9. The zero-order chi connectivity index (χ0) is 49.8. The Hall–Kier alpha value is -3.06. The highest BCUT2D eigenvalue weighted by Gasteiger charge is 2.14. The molecule has 69 heavy (non-hydrogen) atoms. The molecule has 4 heteroatoms. The second-order valence-corrected chi connectivity index (χ2v) is 20.9. The van der Waals surface area contributed by atoms with E-state index in [0.717, 1.165) is 68.0 Å². The smallest absolute Gasteiger partial charge is 0.135 e. The van der Waals surface area contributed by atoms with Gasteiger partial charge in [-0.2, -0.15) is 0 Å². The molecule has 2 aromatic rings. The lowest BCUT2D eigenvalue weighted by Crippen LogP contribution is -2.22. The molecule has 2 aromatic carbocycles. The van der Waals surface area contributed by atoms with E-state index in [0.29, 0.717) is 0 Å². The molecule has 0 fully saturated rings. The average Bonchev–Trinajstić information content (AvgIpc) is 3.36. The van der Waals surface area contributed by atoms with Crippen LogP contribution in [0.25, 0.3) is 0 Å². The third-order valence-electron chi connectivity index (χ3n) is 14.7. The van der Waals surface area contributed by atoms with Crippen LogP contribution in [0.1, 0.15) is 290 Å². The summed E-state index contributed by atoms with van der Waals surface area (Å²) >= 11 is 0. The van der Waals surface area contributed by atoms with Gasteiger partial charge in [0.15, 0.2) is 0 Å². The van der Waals surface area contributed by atoms with Gasteiger partial charge in [-0.05, 0) is 106 Å². The van der Waals surface area contributed by atoms with E-state index in [4.69, 9.17) is 9.98 Å². The first-order chi connectivity index (χ1) is 33.9. The van der Waals surface area contributed by atoms with E-state index in [2.05, 4.69) is 114 Å². The number of benzene rings is 2. The van der Waals surface area contributed by atoms with E-state index < -0.39 is 0 Å². The van der Waals surface area contributed by atoms with Gasteiger partial charge < -0.3 is 9.80 Å². The molecule has 0 spiro atoms. The Morgan fingerprint density at radius 3 is 1.26 bits per heavy atom. The maximum atomic E-state index is 5.56. The Morgan fingerprint density at radius 1 is 0.391 bits per heavy atom. The predicted molar refractivity (Wildman–Crippen MR) is 314 cm³/mol. The van der Waals surface area contributed by atoms with Crippen molar-refractivity contribution in [1.82, 2.24) is 0 Å². The van der Waals surface area contributed by atoms with Crippen molar-refractivity contribution < 1.29 is 0 Å². The van der Waals surface area contributed by atoms with Crippen molar-refractivity contribution in [3.63, 3.8) is 0 Å². The number of nitrogens with zero attached hydrogens (tertiary/aromatic N) is 4. The molecule has 0 unspecified atom stereocenters. The quantitative estimate of drug-likeness (QED) is 0.0376. The van der Waals surface area contributed by atoms with Gasteiger partial charge in [0.2, 0.25) is 0 Å². The van der Waals surface area contributed by atoms with Gasteiger partial charge in [-0.1, -0.05) is 239 Å². The molecule has 0 amide bonds. The lowest BCUT2D eigenvalue weighted by atomic mass is 9.96. The fraction of sp³-hybridized carbons (Fsp3) is 0.754. The summed E-state index contributed by atoms with van der Waals surface area (Å²) in [5.74, 6) is 7.32. The van der Waals surface area contributed by atoms with Crippen LogP contribution in [0.4, 0.5) is 22.7 Å². The Morgan fingerprint density at radius 2 is 0.783 bits per heavy atom. The highest BCUT2D eigenvalue weighted by atomic mass is 15.2. The van der Waals surface area contributed by atoms with Crippen LogP contribution in [0.2, 0.25) is 0 Å². The van der Waals surface area contributed by atoms with Gasteiger partial charge in [0, 0.05) is 33.6 Å². The number of hydrogen-bond acceptors (Lipinski definition) is 4. The van der Waals surface area contributed by atoms with Gasteiger partial charge in [-0.25, -0.2) is 4.99 Å². The Labute approximate surface area is 430 Å². The topological polar surface area (TPSA) is 31.2 Å². The molecule has 392 valence electrons. The summed E-state index contributed by atoms with van der Waals surface area (Å²) in [6.45, 7) is 15.6. The largest absolute Gasteiger partial charge is 0.373 e. The number of rotatable bonds is 45. The molecule has 0 bridgehead atoms. The summed E-state index contributed by atoms with van der Waals surface area (Å²) in [6, 6.07) is 13.8. The van der Waals surface area contributed by atoms with E-state index >= 15 is 0 Å². The minimum atomic E-state index is 0.865. The van der Waals surface area contributed by atoms with Gasteiger partial charge in [-0.15, -0.1) is 0 Å². The Balaban J connectivity index is 2.22. The van der Waals surface area contributed by atoms with Gasteiger partial charge in [-0.3, -0.25) is 4.99 Å². The summed E-state index contributed by atoms with van der Waals surface area (Å²) < 4.78 is 0. The molecule has 0 saturated heterocycles. The molecule has 0 heterocycles. The standard InChI is InChI=1S/C65H112N4/c1-9-15-19-21-23-25-27-28-29-30-31-32-33-34-35-36-37-39-41-42-46-50-62(66-60-53-52-58(48-44-17-11-3)59(56-60)49-45-18-12-4)63(51-47-43-40-38-26-24-22-20-16-10-2)67-61-54-55-64(68(7)13-5)65(57-61)69(8)14-6/h52-57H,9-46,48-50H2,1-8H3. The average molecular weight is 950 g/mol. The highest BCUT2D eigenvalue weighted by Crippen LogP contribution is 2.33. The minimum Gasteiger partial charge on any atom is -0.373 e. The van der Waals surface area contributed by atoms with Gasteiger partial charge >= 0.3 is 0 Å². The number of anilines is 2. The molecule has 0 atom stereocenters. The second-order valence-electron chi connectivity index (χ2n) is 20.9. The maximum Gasteiger partial charge on any atom is 0.135 e. The SMILES string of the molecule is CCCCCCCCCCC#CC(=Nc1ccc(N(C)CC)c(N(C)CC)c1)C(CCCCCCCCCCCCCCCCCCCCCCC)=Nc1ccc(CCCCC)c(CCCCC)c1. The molecule has 2 rings (SSSR count). The van der Waals surface area contributed by atoms with Crippen molar-refractivity contribution in [2.75, 3.05) is 37.0 Å². The summed E-state index contributed by atoms with van der Waals surface area (Å²) in [4.78, 5) is 15.7. The van der Waals surface area contributed by atoms with Crippen LogP contribution in [-0.4, -0.2) is 38.6 Å². The number of aryl methyl sites for hydroxylation is 2. The van der Waals surface area contributed by atoms with Crippen molar-refractivity contribution in [2.24, 2.45) is 9.98 Å². The zero-order valence-electron chi connectivity index (χ0n) is 47.2. The summed E-state index contributed by atoms with van der Waals surface area (Å²) in [5, 5.41) is 0. The van der Waals surface area contributed by atoms with Crippen molar-refractivity contribution in [3.8, 4) is 11.8 Å². The lowest BCUT2D eigenvalue weighted by molar-refractivity contribution is 0.521. The van der Waals surface area contributed by atoms with E-state index in [1.54, 1.807) is 0 Å². The Bertz CT molecular complexity index is 1640. The van der Waals surface area contributed by atoms with E-state index in [1.807, 2.05) is 0 Å². The Kier molecular flexibility index (Phi) is 39.3. The first-order valence-electron chi connectivity index (χ1n) is 30.3. The van der Waals surface area contributed by atoms with Crippen LogP contribution in [0.3, 0.4) is 0 Å². The molecule has 0 aliphatic heterocycles. The van der Waals surface area contributed by atoms with Crippen LogP contribution < -0.4 is 9.80 Å². The van der Waals surface area contributed by atoms with Crippen LogP contribution in [0.15, 0.2) is 46.4 Å². The second kappa shape index (κ2) is 43.7. The monoisotopic (exact) mass is 949 g/mol. The number of hydrogen-bond donors (Lipinski definition) is 0. The van der Waals surface area contributed by atoms with Crippen molar-refractivity contribution >= 4 is 34.2 Å². The summed E-state index contributed by atoms with van der Waals surface area (Å²) in [6.07, 6.45) is 51.6. The lowest BCUT2D eigenvalue weighted by Gasteiger charge is -2.26. The third kappa shape index (κ3) is 30.4.